The third kappa shape index (κ3) is 14.8. The summed E-state index contributed by atoms with van der Waals surface area (Å²) < 4.78 is 0. The van der Waals surface area contributed by atoms with Crippen molar-refractivity contribution in [3.05, 3.63) is 29.6 Å². The first-order valence-corrected chi connectivity index (χ1v) is 10.4. The Bertz CT molecular complexity index is 426. The van der Waals surface area contributed by atoms with E-state index in [1.165, 1.54) is 0 Å². The van der Waals surface area contributed by atoms with E-state index in [1.807, 2.05) is 73.6 Å². The number of hydrogen-bond donors (Lipinski definition) is 1. The summed E-state index contributed by atoms with van der Waals surface area (Å²) in [4.78, 5) is 13.7. The summed E-state index contributed by atoms with van der Waals surface area (Å²) >= 11 is 0. The maximum Gasteiger partial charge on any atom is 0.0845 e. The van der Waals surface area contributed by atoms with Gasteiger partial charge in [0.15, 0.2) is 0 Å². The van der Waals surface area contributed by atoms with E-state index in [1.54, 1.807) is 0 Å². The van der Waals surface area contributed by atoms with Crippen molar-refractivity contribution in [2.24, 2.45) is 15.7 Å². The molecule has 0 saturated carbocycles. The van der Waals surface area contributed by atoms with Crippen molar-refractivity contribution in [3.63, 3.8) is 0 Å². The fourth-order valence-corrected chi connectivity index (χ4v) is 1.74. The Balaban J connectivity index is -0.000000795. The van der Waals surface area contributed by atoms with Crippen molar-refractivity contribution in [2.75, 3.05) is 19.6 Å². The molecule has 0 unspecified atom stereocenters. The number of nitrogens with zero attached hydrogens (tertiary/aromatic N) is 3. The number of rotatable bonds is 8. The highest BCUT2D eigenvalue weighted by Crippen LogP contribution is 2.04. The van der Waals surface area contributed by atoms with Crippen LogP contribution in [-0.2, 0) is 0 Å². The van der Waals surface area contributed by atoms with E-state index in [-0.39, 0.29) is 0 Å². The van der Waals surface area contributed by atoms with Crippen molar-refractivity contribution in [2.45, 2.75) is 81.6 Å². The second kappa shape index (κ2) is 23.4. The van der Waals surface area contributed by atoms with Gasteiger partial charge in [-0.1, -0.05) is 61.0 Å². The predicted octanol–water partition coefficient (Wildman–Crippen LogP) is 5.93. The molecule has 0 saturated heterocycles. The Kier molecular flexibility index (Phi) is 26.4. The Morgan fingerprint density at radius 3 is 1.65 bits per heavy atom. The molecule has 152 valence electrons. The summed E-state index contributed by atoms with van der Waals surface area (Å²) in [6, 6.07) is 6.00. The molecule has 1 heterocycles. The average molecular weight is 365 g/mol. The second-order valence-corrected chi connectivity index (χ2v) is 4.84. The normalized spacial score (nSPS) is 10.5. The van der Waals surface area contributed by atoms with Gasteiger partial charge in [-0.3, -0.25) is 9.98 Å². The number of unbranched alkanes of at least 4 members (excludes halogenated alkanes) is 1. The van der Waals surface area contributed by atoms with Crippen LogP contribution in [0.2, 0.25) is 0 Å². The Labute approximate surface area is 163 Å². The van der Waals surface area contributed by atoms with Crippen molar-refractivity contribution in [1.29, 1.82) is 0 Å². The molecule has 0 aliphatic rings. The largest absolute Gasteiger partial charge is 0.330 e. The smallest absolute Gasteiger partial charge is 0.0845 e. The molecule has 4 nitrogen and oxygen atoms in total. The lowest BCUT2D eigenvalue weighted by Gasteiger charge is -2.05. The molecule has 0 aliphatic carbocycles. The Morgan fingerprint density at radius 1 is 0.846 bits per heavy atom. The van der Waals surface area contributed by atoms with Crippen LogP contribution < -0.4 is 5.73 Å². The lowest BCUT2D eigenvalue weighted by molar-refractivity contribution is 0.807. The van der Waals surface area contributed by atoms with Crippen LogP contribution in [0.1, 0.15) is 93.0 Å². The van der Waals surface area contributed by atoms with Gasteiger partial charge < -0.3 is 5.73 Å². The minimum Gasteiger partial charge on any atom is -0.330 e. The molecule has 1 aromatic rings. The van der Waals surface area contributed by atoms with Crippen LogP contribution >= 0.6 is 0 Å². The molecule has 1 aromatic heterocycles. The summed E-state index contributed by atoms with van der Waals surface area (Å²) in [5.41, 5.74) is 9.29. The molecular weight excluding hydrogens is 320 g/mol. The summed E-state index contributed by atoms with van der Waals surface area (Å²) in [6.07, 6.45) is 3.20. The molecule has 0 spiro atoms. The molecule has 0 aliphatic heterocycles. The fraction of sp³-hybridized carbons (Fsp3) is 0.682. The monoisotopic (exact) mass is 364 g/mol. The van der Waals surface area contributed by atoms with Crippen LogP contribution in [0.25, 0.3) is 0 Å². The maximum atomic E-state index is 5.47. The first-order valence-electron chi connectivity index (χ1n) is 10.4. The zero-order chi connectivity index (χ0) is 20.8. The third-order valence-electron chi connectivity index (χ3n) is 3.06. The van der Waals surface area contributed by atoms with E-state index >= 15 is 0 Å². The standard InChI is InChI=1S/C16H26N4.3C2H6/c1-4-5-11-18-13(2)15-8-6-9-16(20-15)14(3)19-12-7-10-17;3*1-2/h6,8-9H,4-5,7,10-12,17H2,1-3H3;3*1-2H3. The zero-order valence-corrected chi connectivity index (χ0v) is 18.9. The van der Waals surface area contributed by atoms with Gasteiger partial charge in [0.05, 0.1) is 22.8 Å². The van der Waals surface area contributed by atoms with Gasteiger partial charge in [-0.2, -0.15) is 0 Å². The van der Waals surface area contributed by atoms with Gasteiger partial charge in [0, 0.05) is 13.1 Å². The number of pyridine rings is 1. The van der Waals surface area contributed by atoms with Gasteiger partial charge in [0.25, 0.3) is 0 Å². The molecule has 0 bridgehead atoms. The fourth-order valence-electron chi connectivity index (χ4n) is 1.74. The van der Waals surface area contributed by atoms with Crippen molar-refractivity contribution >= 4 is 11.4 Å². The van der Waals surface area contributed by atoms with Crippen molar-refractivity contribution in [3.8, 4) is 0 Å². The molecule has 26 heavy (non-hydrogen) atoms. The number of nitrogens with two attached hydrogens (primary N) is 1. The summed E-state index contributed by atoms with van der Waals surface area (Å²) in [5, 5.41) is 0. The molecule has 0 fully saturated rings. The molecule has 0 amide bonds. The van der Waals surface area contributed by atoms with E-state index in [2.05, 4.69) is 21.9 Å². The second-order valence-electron chi connectivity index (χ2n) is 4.84. The van der Waals surface area contributed by atoms with Crippen molar-refractivity contribution in [1.82, 2.24) is 4.98 Å². The molecular formula is C22H44N4. The number of aliphatic imine (C=N–C) groups is 2. The summed E-state index contributed by atoms with van der Waals surface area (Å²) in [6.45, 7) is 20.5. The minimum absolute atomic E-state index is 0.674. The van der Waals surface area contributed by atoms with Crippen molar-refractivity contribution < 1.29 is 0 Å². The highest BCUT2D eigenvalue weighted by atomic mass is 14.8. The van der Waals surface area contributed by atoms with Gasteiger partial charge in [0.2, 0.25) is 0 Å². The van der Waals surface area contributed by atoms with Gasteiger partial charge in [-0.25, -0.2) is 4.98 Å². The lowest BCUT2D eigenvalue weighted by atomic mass is 10.2. The van der Waals surface area contributed by atoms with E-state index in [0.29, 0.717) is 6.54 Å². The Morgan fingerprint density at radius 2 is 1.27 bits per heavy atom. The quantitative estimate of drug-likeness (QED) is 0.459. The molecule has 1 rings (SSSR count). The summed E-state index contributed by atoms with van der Waals surface area (Å²) in [5.74, 6) is 0. The highest BCUT2D eigenvalue weighted by Gasteiger charge is 2.03. The maximum absolute atomic E-state index is 5.47. The average Bonchev–Trinajstić information content (AvgIpc) is 2.73. The lowest BCUT2D eigenvalue weighted by Crippen LogP contribution is -2.07. The molecule has 4 heteroatoms. The number of hydrogen-bond acceptors (Lipinski definition) is 4. The molecule has 0 atom stereocenters. The summed E-state index contributed by atoms with van der Waals surface area (Å²) in [7, 11) is 0. The topological polar surface area (TPSA) is 63.6 Å². The van der Waals surface area contributed by atoms with Crippen LogP contribution in [0, 0.1) is 0 Å². The number of aromatic nitrogens is 1. The van der Waals surface area contributed by atoms with E-state index in [0.717, 1.165) is 55.2 Å². The highest BCUT2D eigenvalue weighted by molar-refractivity contribution is 6.00. The first-order chi connectivity index (χ1) is 12.7. The van der Waals surface area contributed by atoms with Gasteiger partial charge in [-0.05, 0) is 45.4 Å². The first kappa shape index (κ1) is 29.2. The Hall–Kier alpha value is -1.55. The van der Waals surface area contributed by atoms with E-state index < -0.39 is 0 Å². The SMILES string of the molecule is CC.CC.CC.CCCCN=C(C)c1cccc(C(C)=NCCCN)n1. The minimum atomic E-state index is 0.674. The van der Waals surface area contributed by atoms with Crippen LogP contribution in [-0.4, -0.2) is 36.0 Å². The van der Waals surface area contributed by atoms with E-state index in [9.17, 15) is 0 Å². The molecule has 0 aromatic carbocycles. The van der Waals surface area contributed by atoms with Crippen LogP contribution in [0.15, 0.2) is 28.2 Å². The van der Waals surface area contributed by atoms with Crippen LogP contribution in [0.3, 0.4) is 0 Å². The van der Waals surface area contributed by atoms with Gasteiger partial charge in [-0.15, -0.1) is 0 Å². The molecule has 0 radical (unpaired) electrons. The zero-order valence-electron chi connectivity index (χ0n) is 18.9. The predicted molar refractivity (Wildman–Crippen MR) is 121 cm³/mol. The molecule has 2 N–H and O–H groups in total. The van der Waals surface area contributed by atoms with Crippen LogP contribution in [0.4, 0.5) is 0 Å². The van der Waals surface area contributed by atoms with E-state index in [4.69, 9.17) is 5.73 Å². The van der Waals surface area contributed by atoms with Crippen LogP contribution in [0.5, 0.6) is 0 Å². The third-order valence-corrected chi connectivity index (χ3v) is 3.06. The van der Waals surface area contributed by atoms with Gasteiger partial charge >= 0.3 is 0 Å². The van der Waals surface area contributed by atoms with Gasteiger partial charge in [0.1, 0.15) is 0 Å².